The van der Waals surface area contributed by atoms with Crippen molar-refractivity contribution in [1.82, 2.24) is 14.8 Å². The zero-order chi connectivity index (χ0) is 21.3. The van der Waals surface area contributed by atoms with Crippen molar-refractivity contribution in [2.75, 3.05) is 10.6 Å². The number of nitrogens with zero attached hydrogens (tertiary/aromatic N) is 4. The van der Waals surface area contributed by atoms with E-state index in [9.17, 15) is 19.7 Å². The van der Waals surface area contributed by atoms with Gasteiger partial charge in [-0.3, -0.25) is 24.4 Å². The van der Waals surface area contributed by atoms with Gasteiger partial charge in [-0.1, -0.05) is 30.6 Å². The number of carbonyl (C=O) groups excluding carboxylic acids is 2. The number of hydrogen-bond acceptors (Lipinski definition) is 7. The third-order valence-corrected chi connectivity index (χ3v) is 6.02. The molecule has 1 aliphatic rings. The number of anilines is 2. The van der Waals surface area contributed by atoms with Gasteiger partial charge in [0, 0.05) is 18.7 Å². The molecule has 30 heavy (non-hydrogen) atoms. The topological polar surface area (TPSA) is 132 Å². The highest BCUT2D eigenvalue weighted by atomic mass is 32.1. The molecule has 0 atom stereocenters. The van der Waals surface area contributed by atoms with Gasteiger partial charge in [0.15, 0.2) is 5.13 Å². The van der Waals surface area contributed by atoms with Crippen LogP contribution in [0.15, 0.2) is 24.4 Å². The highest BCUT2D eigenvalue weighted by Crippen LogP contribution is 2.30. The number of nitro groups is 1. The summed E-state index contributed by atoms with van der Waals surface area (Å²) in [5.41, 5.74) is 0.425. The Bertz CT molecular complexity index is 1130. The molecule has 2 N–H and O–H groups in total. The summed E-state index contributed by atoms with van der Waals surface area (Å²) < 4.78 is 2.08. The molecule has 0 unspecified atom stereocenters. The van der Waals surface area contributed by atoms with Crippen molar-refractivity contribution in [1.29, 1.82) is 0 Å². The van der Waals surface area contributed by atoms with Crippen molar-refractivity contribution in [2.45, 2.75) is 32.1 Å². The van der Waals surface area contributed by atoms with Crippen molar-refractivity contribution >= 4 is 49.9 Å². The van der Waals surface area contributed by atoms with Crippen LogP contribution in [0.5, 0.6) is 0 Å². The van der Waals surface area contributed by atoms with E-state index >= 15 is 0 Å². The van der Waals surface area contributed by atoms with Crippen LogP contribution in [0.2, 0.25) is 0 Å². The molecule has 10 nitrogen and oxygen atoms in total. The molecule has 1 aromatic carbocycles. The Balaban J connectivity index is 1.49. The molecule has 1 saturated carbocycles. The molecule has 4 rings (SSSR count). The Kier molecular flexibility index (Phi) is 5.44. The van der Waals surface area contributed by atoms with Crippen LogP contribution in [0.4, 0.5) is 16.5 Å². The number of carbonyl (C=O) groups is 2. The number of aromatic nitrogens is 3. The van der Waals surface area contributed by atoms with Gasteiger partial charge in [-0.25, -0.2) is 4.98 Å². The standard InChI is InChI=1S/C19H20N6O4S/c1-24-10-14(25(28)29)16(23-24)18(27)20-12-7-8-15-13(9-12)21-19(30-15)22-17(26)11-5-3-2-4-6-11/h7-11H,2-6H2,1H3,(H,20,27)(H,21,22,26). The first-order chi connectivity index (χ1) is 14.4. The number of amides is 2. The van der Waals surface area contributed by atoms with E-state index in [0.717, 1.165) is 30.4 Å². The number of fused-ring (bicyclic) bond motifs is 1. The summed E-state index contributed by atoms with van der Waals surface area (Å²) in [6.45, 7) is 0. The Morgan fingerprint density at radius 3 is 2.73 bits per heavy atom. The summed E-state index contributed by atoms with van der Waals surface area (Å²) in [6, 6.07) is 5.13. The minimum atomic E-state index is -0.678. The van der Waals surface area contributed by atoms with E-state index in [1.165, 1.54) is 35.7 Å². The Morgan fingerprint density at radius 2 is 2.00 bits per heavy atom. The van der Waals surface area contributed by atoms with Gasteiger partial charge < -0.3 is 10.6 Å². The molecule has 0 saturated heterocycles. The monoisotopic (exact) mass is 428 g/mol. The molecule has 156 valence electrons. The van der Waals surface area contributed by atoms with E-state index in [1.54, 1.807) is 18.2 Å². The lowest BCUT2D eigenvalue weighted by molar-refractivity contribution is -0.385. The summed E-state index contributed by atoms with van der Waals surface area (Å²) >= 11 is 1.36. The molecule has 1 fully saturated rings. The van der Waals surface area contributed by atoms with Crippen LogP contribution in [0.1, 0.15) is 42.6 Å². The summed E-state index contributed by atoms with van der Waals surface area (Å²) in [6.07, 6.45) is 6.34. The van der Waals surface area contributed by atoms with E-state index in [2.05, 4.69) is 20.7 Å². The second-order valence-electron chi connectivity index (χ2n) is 7.27. The maximum absolute atomic E-state index is 12.4. The summed E-state index contributed by atoms with van der Waals surface area (Å²) in [7, 11) is 1.51. The molecule has 0 spiro atoms. The van der Waals surface area contributed by atoms with Crippen LogP contribution in [-0.2, 0) is 11.8 Å². The zero-order valence-corrected chi connectivity index (χ0v) is 17.1. The van der Waals surface area contributed by atoms with Crippen LogP contribution in [0.25, 0.3) is 10.2 Å². The molecule has 0 bridgehead atoms. The maximum Gasteiger partial charge on any atom is 0.320 e. The molecule has 0 aliphatic heterocycles. The largest absolute Gasteiger partial charge is 0.320 e. The first kappa shape index (κ1) is 20.0. The number of nitrogens with one attached hydrogen (secondary N) is 2. The smallest absolute Gasteiger partial charge is 0.320 e. The van der Waals surface area contributed by atoms with Gasteiger partial charge in [0.2, 0.25) is 11.6 Å². The number of hydrogen-bond donors (Lipinski definition) is 2. The third kappa shape index (κ3) is 4.15. The average Bonchev–Trinajstić information content (AvgIpc) is 3.31. The summed E-state index contributed by atoms with van der Waals surface area (Å²) in [5, 5.41) is 21.0. The molecule has 11 heteroatoms. The predicted molar refractivity (Wildman–Crippen MR) is 113 cm³/mol. The van der Waals surface area contributed by atoms with Gasteiger partial charge in [-0.15, -0.1) is 0 Å². The van der Waals surface area contributed by atoms with Crippen LogP contribution in [0.3, 0.4) is 0 Å². The van der Waals surface area contributed by atoms with Gasteiger partial charge in [-0.2, -0.15) is 5.10 Å². The van der Waals surface area contributed by atoms with Gasteiger partial charge in [-0.05, 0) is 31.0 Å². The quantitative estimate of drug-likeness (QED) is 0.470. The summed E-state index contributed by atoms with van der Waals surface area (Å²) in [5.74, 6) is -0.637. The second-order valence-corrected chi connectivity index (χ2v) is 8.30. The minimum absolute atomic E-state index is 0.00439. The second kappa shape index (κ2) is 8.19. The summed E-state index contributed by atoms with van der Waals surface area (Å²) in [4.78, 5) is 39.8. The molecule has 3 aromatic rings. The molecular formula is C19H20N6O4S. The molecular weight excluding hydrogens is 408 g/mol. The molecule has 2 aromatic heterocycles. The SMILES string of the molecule is Cn1cc([N+](=O)[O-])c(C(=O)Nc2ccc3sc(NC(=O)C4CCCCC4)nc3c2)n1. The first-order valence-corrected chi connectivity index (χ1v) is 10.4. The van der Waals surface area contributed by atoms with Crippen molar-refractivity contribution in [3.63, 3.8) is 0 Å². The van der Waals surface area contributed by atoms with Gasteiger partial charge in [0.1, 0.15) is 6.20 Å². The van der Waals surface area contributed by atoms with Crippen LogP contribution < -0.4 is 10.6 Å². The zero-order valence-electron chi connectivity index (χ0n) is 16.3. The lowest BCUT2D eigenvalue weighted by atomic mass is 9.89. The number of thiazole rings is 1. The van der Waals surface area contributed by atoms with Crippen LogP contribution in [-0.4, -0.2) is 31.5 Å². The van der Waals surface area contributed by atoms with Crippen molar-refractivity contribution in [3.8, 4) is 0 Å². The number of rotatable bonds is 5. The fourth-order valence-electron chi connectivity index (χ4n) is 3.59. The Labute approximate surface area is 175 Å². The maximum atomic E-state index is 12.4. The normalized spacial score (nSPS) is 14.6. The van der Waals surface area contributed by atoms with E-state index in [0.29, 0.717) is 16.3 Å². The van der Waals surface area contributed by atoms with Crippen molar-refractivity contribution < 1.29 is 14.5 Å². The fraction of sp³-hybridized carbons (Fsp3) is 0.368. The average molecular weight is 428 g/mol. The molecule has 2 amide bonds. The highest BCUT2D eigenvalue weighted by molar-refractivity contribution is 7.22. The number of benzene rings is 1. The van der Waals surface area contributed by atoms with Crippen LogP contribution >= 0.6 is 11.3 Å². The minimum Gasteiger partial charge on any atom is -0.320 e. The first-order valence-electron chi connectivity index (χ1n) is 9.61. The molecule has 1 aliphatic carbocycles. The Morgan fingerprint density at radius 1 is 1.23 bits per heavy atom. The van der Waals surface area contributed by atoms with E-state index < -0.39 is 10.8 Å². The van der Waals surface area contributed by atoms with Crippen molar-refractivity contribution in [3.05, 3.63) is 40.2 Å². The van der Waals surface area contributed by atoms with Crippen LogP contribution in [0, 0.1) is 16.0 Å². The van der Waals surface area contributed by atoms with Gasteiger partial charge in [0.05, 0.1) is 15.1 Å². The van der Waals surface area contributed by atoms with E-state index in [4.69, 9.17) is 0 Å². The predicted octanol–water partition coefficient (Wildman–Crippen LogP) is 3.71. The fourth-order valence-corrected chi connectivity index (χ4v) is 4.44. The lowest BCUT2D eigenvalue weighted by Gasteiger charge is -2.19. The van der Waals surface area contributed by atoms with Gasteiger partial charge in [0.25, 0.3) is 5.91 Å². The van der Waals surface area contributed by atoms with E-state index in [-0.39, 0.29) is 23.2 Å². The highest BCUT2D eigenvalue weighted by Gasteiger charge is 2.25. The van der Waals surface area contributed by atoms with E-state index in [1.807, 2.05) is 0 Å². The lowest BCUT2D eigenvalue weighted by Crippen LogP contribution is -2.24. The number of aryl methyl sites for hydroxylation is 1. The third-order valence-electron chi connectivity index (χ3n) is 5.07. The van der Waals surface area contributed by atoms with Gasteiger partial charge >= 0.3 is 5.69 Å². The van der Waals surface area contributed by atoms with Crippen molar-refractivity contribution in [2.24, 2.45) is 13.0 Å². The Hall–Kier alpha value is -3.34. The molecule has 0 radical (unpaired) electrons. The molecule has 2 heterocycles.